The van der Waals surface area contributed by atoms with Crippen LogP contribution in [-0.2, 0) is 4.79 Å². The molecule has 0 aromatic heterocycles. The van der Waals surface area contributed by atoms with Crippen molar-refractivity contribution in [1.29, 1.82) is 0 Å². The molecule has 1 atom stereocenters. The summed E-state index contributed by atoms with van der Waals surface area (Å²) >= 11 is 11.3. The van der Waals surface area contributed by atoms with Crippen molar-refractivity contribution >= 4 is 28.4 Å². The molecule has 0 N–H and O–H groups in total. The molecule has 0 aliphatic carbocycles. The number of hydrogen-bond donors (Lipinski definition) is 0. The SMILES string of the molecule is O=C(Cl)C(Oc1ccc(Cl)cc1)c1ccccc1. The van der Waals surface area contributed by atoms with Crippen LogP contribution >= 0.6 is 23.2 Å². The molecule has 0 amide bonds. The number of benzene rings is 2. The Balaban J connectivity index is 2.22. The van der Waals surface area contributed by atoms with E-state index in [0.717, 1.165) is 0 Å². The highest BCUT2D eigenvalue weighted by atomic mass is 35.5. The second-order valence-electron chi connectivity index (χ2n) is 3.67. The molecule has 0 fully saturated rings. The lowest BCUT2D eigenvalue weighted by atomic mass is 10.1. The molecule has 4 heteroatoms. The van der Waals surface area contributed by atoms with Gasteiger partial charge in [-0.05, 0) is 35.9 Å². The highest BCUT2D eigenvalue weighted by Gasteiger charge is 2.20. The van der Waals surface area contributed by atoms with Gasteiger partial charge < -0.3 is 4.74 Å². The molecule has 0 aliphatic heterocycles. The van der Waals surface area contributed by atoms with Crippen LogP contribution in [0.3, 0.4) is 0 Å². The van der Waals surface area contributed by atoms with Gasteiger partial charge in [0, 0.05) is 10.6 Å². The Morgan fingerprint density at radius 3 is 2.17 bits per heavy atom. The molecule has 1 unspecified atom stereocenters. The van der Waals surface area contributed by atoms with Gasteiger partial charge in [-0.15, -0.1) is 0 Å². The molecule has 0 saturated heterocycles. The average molecular weight is 281 g/mol. The summed E-state index contributed by atoms with van der Waals surface area (Å²) in [6.07, 6.45) is -0.811. The van der Waals surface area contributed by atoms with E-state index in [2.05, 4.69) is 0 Å². The summed E-state index contributed by atoms with van der Waals surface area (Å²) in [4.78, 5) is 11.4. The molecule has 0 aliphatic rings. The summed E-state index contributed by atoms with van der Waals surface area (Å²) in [5.41, 5.74) is 0.715. The number of rotatable bonds is 4. The quantitative estimate of drug-likeness (QED) is 0.784. The number of carbonyl (C=O) groups is 1. The number of halogens is 2. The molecule has 0 heterocycles. The topological polar surface area (TPSA) is 26.3 Å². The van der Waals surface area contributed by atoms with Crippen molar-refractivity contribution in [2.24, 2.45) is 0 Å². The summed E-state index contributed by atoms with van der Waals surface area (Å²) in [6, 6.07) is 15.9. The number of ether oxygens (including phenoxy) is 1. The van der Waals surface area contributed by atoms with Crippen LogP contribution in [0.1, 0.15) is 11.7 Å². The maximum Gasteiger partial charge on any atom is 0.267 e. The summed E-state index contributed by atoms with van der Waals surface area (Å²) in [5, 5.41) is 0.0481. The lowest BCUT2D eigenvalue weighted by Gasteiger charge is -2.15. The monoisotopic (exact) mass is 280 g/mol. The number of hydrogen-bond acceptors (Lipinski definition) is 2. The molecule has 2 aromatic rings. The van der Waals surface area contributed by atoms with Gasteiger partial charge in [-0.3, -0.25) is 4.79 Å². The van der Waals surface area contributed by atoms with Crippen molar-refractivity contribution in [3.05, 3.63) is 65.2 Å². The van der Waals surface area contributed by atoms with E-state index >= 15 is 0 Å². The van der Waals surface area contributed by atoms with E-state index in [1.807, 2.05) is 18.2 Å². The first-order chi connectivity index (χ1) is 8.66. The van der Waals surface area contributed by atoms with Crippen LogP contribution in [0.15, 0.2) is 54.6 Å². The second kappa shape index (κ2) is 5.89. The second-order valence-corrected chi connectivity index (χ2v) is 4.48. The maximum absolute atomic E-state index is 11.4. The first kappa shape index (κ1) is 12.9. The van der Waals surface area contributed by atoms with Crippen molar-refractivity contribution in [2.45, 2.75) is 6.10 Å². The maximum atomic E-state index is 11.4. The lowest BCUT2D eigenvalue weighted by molar-refractivity contribution is -0.118. The predicted octanol–water partition coefficient (Wildman–Crippen LogP) is 4.23. The average Bonchev–Trinajstić information content (AvgIpc) is 2.38. The van der Waals surface area contributed by atoms with E-state index in [0.29, 0.717) is 16.3 Å². The zero-order valence-corrected chi connectivity index (χ0v) is 10.9. The fourth-order valence-electron chi connectivity index (χ4n) is 1.52. The van der Waals surface area contributed by atoms with E-state index in [4.69, 9.17) is 27.9 Å². The van der Waals surface area contributed by atoms with E-state index in [1.165, 1.54) is 0 Å². The summed E-state index contributed by atoms with van der Waals surface area (Å²) in [5.74, 6) is 0.544. The van der Waals surface area contributed by atoms with E-state index in [9.17, 15) is 4.79 Å². The fourth-order valence-corrected chi connectivity index (χ4v) is 1.82. The minimum atomic E-state index is -0.811. The molecule has 92 valence electrons. The third-order valence-electron chi connectivity index (χ3n) is 2.38. The molecule has 2 nitrogen and oxygen atoms in total. The Hall–Kier alpha value is -1.51. The molecule has 0 spiro atoms. The summed E-state index contributed by atoms with van der Waals surface area (Å²) < 4.78 is 5.58. The van der Waals surface area contributed by atoms with Gasteiger partial charge in [-0.25, -0.2) is 0 Å². The molecule has 0 radical (unpaired) electrons. The smallest absolute Gasteiger partial charge is 0.267 e. The van der Waals surface area contributed by atoms with E-state index in [1.54, 1.807) is 36.4 Å². The van der Waals surface area contributed by atoms with Gasteiger partial charge in [-0.1, -0.05) is 41.9 Å². The van der Waals surface area contributed by atoms with Crippen molar-refractivity contribution < 1.29 is 9.53 Å². The molecule has 18 heavy (non-hydrogen) atoms. The highest BCUT2D eigenvalue weighted by molar-refractivity contribution is 6.64. The van der Waals surface area contributed by atoms with Crippen LogP contribution in [-0.4, -0.2) is 5.24 Å². The first-order valence-corrected chi connectivity index (χ1v) is 6.09. The predicted molar refractivity (Wildman–Crippen MR) is 72.1 cm³/mol. The van der Waals surface area contributed by atoms with Gasteiger partial charge in [0.1, 0.15) is 5.75 Å². The van der Waals surface area contributed by atoms with Crippen LogP contribution in [0, 0.1) is 0 Å². The van der Waals surface area contributed by atoms with Gasteiger partial charge in [0.05, 0.1) is 0 Å². The van der Waals surface area contributed by atoms with Gasteiger partial charge in [0.15, 0.2) is 6.10 Å². The van der Waals surface area contributed by atoms with Gasteiger partial charge in [0.2, 0.25) is 0 Å². The molecule has 2 aromatic carbocycles. The Kier molecular flexibility index (Phi) is 4.24. The Labute approximate surface area is 115 Å². The van der Waals surface area contributed by atoms with Crippen molar-refractivity contribution in [3.8, 4) is 5.75 Å². The zero-order valence-electron chi connectivity index (χ0n) is 9.35. The fraction of sp³-hybridized carbons (Fsp3) is 0.0714. The number of carbonyl (C=O) groups excluding carboxylic acids is 1. The normalized spacial score (nSPS) is 11.9. The standard InChI is InChI=1S/C14H10Cl2O2/c15-11-6-8-12(9-7-11)18-13(14(16)17)10-4-2-1-3-5-10/h1-9,13H. The Morgan fingerprint density at radius 1 is 1.00 bits per heavy atom. The van der Waals surface area contributed by atoms with Gasteiger partial charge in [0.25, 0.3) is 5.24 Å². The van der Waals surface area contributed by atoms with Crippen LogP contribution in [0.2, 0.25) is 5.02 Å². The molecular formula is C14H10Cl2O2. The summed E-state index contributed by atoms with van der Waals surface area (Å²) in [7, 11) is 0. The van der Waals surface area contributed by atoms with Crippen molar-refractivity contribution in [3.63, 3.8) is 0 Å². The Bertz CT molecular complexity index is 523. The molecule has 2 rings (SSSR count). The zero-order chi connectivity index (χ0) is 13.0. The van der Waals surface area contributed by atoms with Crippen LogP contribution in [0.5, 0.6) is 5.75 Å². The molecular weight excluding hydrogens is 271 g/mol. The van der Waals surface area contributed by atoms with E-state index in [-0.39, 0.29) is 0 Å². The van der Waals surface area contributed by atoms with Gasteiger partial charge in [-0.2, -0.15) is 0 Å². The van der Waals surface area contributed by atoms with Crippen molar-refractivity contribution in [1.82, 2.24) is 0 Å². The Morgan fingerprint density at radius 2 is 1.61 bits per heavy atom. The molecule has 0 saturated carbocycles. The third-order valence-corrected chi connectivity index (χ3v) is 2.83. The minimum absolute atomic E-state index is 0.544. The van der Waals surface area contributed by atoms with Gasteiger partial charge >= 0.3 is 0 Å². The summed E-state index contributed by atoms with van der Waals surface area (Å²) in [6.45, 7) is 0. The highest BCUT2D eigenvalue weighted by Crippen LogP contribution is 2.25. The third kappa shape index (κ3) is 3.25. The van der Waals surface area contributed by atoms with Crippen LogP contribution in [0.25, 0.3) is 0 Å². The van der Waals surface area contributed by atoms with E-state index < -0.39 is 11.3 Å². The lowest BCUT2D eigenvalue weighted by Crippen LogP contribution is -2.14. The van der Waals surface area contributed by atoms with Crippen molar-refractivity contribution in [2.75, 3.05) is 0 Å². The minimum Gasteiger partial charge on any atom is -0.477 e. The molecule has 0 bridgehead atoms. The van der Waals surface area contributed by atoms with Crippen LogP contribution < -0.4 is 4.74 Å². The van der Waals surface area contributed by atoms with Crippen LogP contribution in [0.4, 0.5) is 0 Å². The largest absolute Gasteiger partial charge is 0.477 e. The first-order valence-electron chi connectivity index (χ1n) is 5.33.